The molecule has 0 aliphatic carbocycles. The molecule has 0 radical (unpaired) electrons. The van der Waals surface area contributed by atoms with E-state index in [-0.39, 0.29) is 34.6 Å². The lowest BCUT2D eigenvalue weighted by molar-refractivity contribution is 0.0501. The van der Waals surface area contributed by atoms with Gasteiger partial charge in [0.25, 0.3) is 0 Å². The number of fused-ring (bicyclic) bond motifs is 2. The van der Waals surface area contributed by atoms with Gasteiger partial charge in [0.15, 0.2) is 0 Å². The molecule has 10 heteroatoms. The van der Waals surface area contributed by atoms with E-state index in [4.69, 9.17) is 14.9 Å². The number of carbonyl (C=O) groups is 3. The summed E-state index contributed by atoms with van der Waals surface area (Å²) in [7, 11) is 0. The molecule has 0 aliphatic heterocycles. The lowest BCUT2D eigenvalue weighted by Gasteiger charge is -2.22. The molecule has 0 aliphatic rings. The van der Waals surface area contributed by atoms with Gasteiger partial charge in [-0.2, -0.15) is 0 Å². The molecule has 5 aromatic rings. The number of unbranched alkanes of at least 4 members (excludes halogenated alkanes) is 2. The van der Waals surface area contributed by atoms with Crippen LogP contribution in [0.3, 0.4) is 0 Å². The summed E-state index contributed by atoms with van der Waals surface area (Å²) in [6.07, 6.45) is 3.22. The van der Waals surface area contributed by atoms with Gasteiger partial charge in [0.05, 0.1) is 29.9 Å². The van der Waals surface area contributed by atoms with Crippen LogP contribution in [0.2, 0.25) is 0 Å². The molecule has 42 heavy (non-hydrogen) atoms. The van der Waals surface area contributed by atoms with Crippen molar-refractivity contribution in [3.8, 4) is 0 Å². The highest BCUT2D eigenvalue weighted by Gasteiger charge is 2.28. The number of carbonyl (C=O) groups excluding carboxylic acids is 1. The number of aromatic carboxylic acids is 2. The molecule has 0 atom stereocenters. The third kappa shape index (κ3) is 4.86. The van der Waals surface area contributed by atoms with Gasteiger partial charge in [-0.3, -0.25) is 5.41 Å². The second kappa shape index (κ2) is 11.9. The number of carboxylic acid groups (broad SMARTS) is 2. The average molecular weight is 697 g/mol. The molecule has 0 heterocycles. The van der Waals surface area contributed by atoms with Crippen molar-refractivity contribution in [3.63, 3.8) is 0 Å². The highest BCUT2D eigenvalue weighted by Crippen LogP contribution is 2.48. The maximum Gasteiger partial charge on any atom is 0.338 e. The van der Waals surface area contributed by atoms with Crippen LogP contribution in [-0.2, 0) is 9.47 Å². The molecule has 0 saturated heterocycles. The molecule has 5 rings (SSSR count). The normalized spacial score (nSPS) is 11.5. The molecule has 216 valence electrons. The van der Waals surface area contributed by atoms with E-state index in [9.17, 15) is 24.6 Å². The molecular formula is C32H27Br2NO7. The highest BCUT2D eigenvalue weighted by atomic mass is 79.9. The van der Waals surface area contributed by atoms with Crippen LogP contribution in [0.5, 0.6) is 0 Å². The minimum absolute atomic E-state index is 0.0899. The Morgan fingerprint density at radius 2 is 1.14 bits per heavy atom. The lowest BCUT2D eigenvalue weighted by atomic mass is 9.84. The van der Waals surface area contributed by atoms with E-state index in [1.54, 1.807) is 24.3 Å². The Morgan fingerprint density at radius 1 is 0.667 bits per heavy atom. The van der Waals surface area contributed by atoms with E-state index >= 15 is 0 Å². The van der Waals surface area contributed by atoms with Crippen molar-refractivity contribution in [1.29, 1.82) is 5.41 Å². The van der Waals surface area contributed by atoms with Gasteiger partial charge in [0, 0.05) is 46.8 Å². The van der Waals surface area contributed by atoms with Crippen LogP contribution in [0, 0.1) is 5.41 Å². The second-order valence-corrected chi connectivity index (χ2v) is 11.7. The van der Waals surface area contributed by atoms with Crippen LogP contribution in [0.15, 0.2) is 45.3 Å². The van der Waals surface area contributed by atoms with Crippen molar-refractivity contribution in [1.82, 2.24) is 0 Å². The first-order chi connectivity index (χ1) is 20.1. The minimum atomic E-state index is -1.25. The predicted molar refractivity (Wildman–Crippen MR) is 170 cm³/mol. The fraction of sp³-hybridized carbons (Fsp3) is 0.250. The Labute approximate surface area is 257 Å². The van der Waals surface area contributed by atoms with Crippen LogP contribution in [0.4, 0.5) is 0 Å². The number of nitrogens with one attached hydrogen (secondary N) is 1. The van der Waals surface area contributed by atoms with Gasteiger partial charge in [0.2, 0.25) is 5.90 Å². The SMILES string of the molecule is CCCCOC(=N)c1cc(Br)c2c3ccc(C(=O)O)c4c(C(=O)O)cc(Br)c(c5ccc(C(=O)OCCCC)c1c52)c43. The van der Waals surface area contributed by atoms with Crippen molar-refractivity contribution >= 4 is 98.8 Å². The summed E-state index contributed by atoms with van der Waals surface area (Å²) in [5.41, 5.74) is 0.405. The number of hydrogen-bond donors (Lipinski definition) is 3. The summed E-state index contributed by atoms with van der Waals surface area (Å²) in [4.78, 5) is 38.0. The molecule has 0 fully saturated rings. The highest BCUT2D eigenvalue weighted by molar-refractivity contribution is 9.11. The van der Waals surface area contributed by atoms with Crippen LogP contribution in [0.1, 0.15) is 76.2 Å². The number of benzene rings is 5. The van der Waals surface area contributed by atoms with Gasteiger partial charge in [-0.15, -0.1) is 0 Å². The Hall–Kier alpha value is -3.76. The molecule has 8 nitrogen and oxygen atoms in total. The van der Waals surface area contributed by atoms with Gasteiger partial charge in [-0.05, 0) is 47.9 Å². The number of halogens is 2. The fourth-order valence-electron chi connectivity index (χ4n) is 5.49. The third-order valence-corrected chi connectivity index (χ3v) is 8.66. The van der Waals surface area contributed by atoms with E-state index in [0.29, 0.717) is 65.2 Å². The molecule has 0 unspecified atom stereocenters. The monoisotopic (exact) mass is 695 g/mol. The van der Waals surface area contributed by atoms with Crippen molar-refractivity contribution in [2.75, 3.05) is 13.2 Å². The van der Waals surface area contributed by atoms with Gasteiger partial charge in [0.1, 0.15) is 0 Å². The lowest BCUT2D eigenvalue weighted by Crippen LogP contribution is -2.12. The van der Waals surface area contributed by atoms with Crippen molar-refractivity contribution < 1.29 is 34.1 Å². The number of rotatable bonds is 10. The average Bonchev–Trinajstić information content (AvgIpc) is 2.95. The van der Waals surface area contributed by atoms with Crippen molar-refractivity contribution in [3.05, 3.63) is 67.6 Å². The van der Waals surface area contributed by atoms with Crippen LogP contribution in [-0.4, -0.2) is 47.2 Å². The first kappa shape index (κ1) is 29.7. The van der Waals surface area contributed by atoms with E-state index in [1.165, 1.54) is 12.1 Å². The topological polar surface area (TPSA) is 134 Å². The van der Waals surface area contributed by atoms with E-state index in [0.717, 1.165) is 19.3 Å². The number of hydrogen-bond acceptors (Lipinski definition) is 6. The first-order valence-electron chi connectivity index (χ1n) is 13.6. The Balaban J connectivity index is 1.99. The summed E-state index contributed by atoms with van der Waals surface area (Å²) in [6.45, 7) is 4.63. The summed E-state index contributed by atoms with van der Waals surface area (Å²) in [5, 5.41) is 33.1. The summed E-state index contributed by atoms with van der Waals surface area (Å²) < 4.78 is 12.4. The van der Waals surface area contributed by atoms with E-state index in [2.05, 4.69) is 31.9 Å². The molecule has 0 saturated carbocycles. The second-order valence-electron chi connectivity index (χ2n) is 10.0. The molecular weight excluding hydrogens is 670 g/mol. The van der Waals surface area contributed by atoms with Crippen LogP contribution in [0.25, 0.3) is 43.1 Å². The largest absolute Gasteiger partial charge is 0.478 e. The molecule has 5 aromatic carbocycles. The van der Waals surface area contributed by atoms with Gasteiger partial charge >= 0.3 is 17.9 Å². The summed E-state index contributed by atoms with van der Waals surface area (Å²) in [6, 6.07) is 9.59. The predicted octanol–water partition coefficient (Wildman–Crippen LogP) is 8.76. The van der Waals surface area contributed by atoms with Gasteiger partial charge in [-0.25, -0.2) is 14.4 Å². The molecule has 3 N–H and O–H groups in total. The van der Waals surface area contributed by atoms with Crippen LogP contribution < -0.4 is 0 Å². The molecule has 0 aromatic heterocycles. The zero-order chi connectivity index (χ0) is 30.3. The van der Waals surface area contributed by atoms with E-state index < -0.39 is 17.9 Å². The zero-order valence-corrected chi connectivity index (χ0v) is 26.1. The van der Waals surface area contributed by atoms with Gasteiger partial charge in [-0.1, -0.05) is 70.7 Å². The van der Waals surface area contributed by atoms with E-state index in [1.807, 2.05) is 13.8 Å². The molecule has 0 amide bonds. The Morgan fingerprint density at radius 3 is 1.67 bits per heavy atom. The number of esters is 1. The first-order valence-corrected chi connectivity index (χ1v) is 15.1. The summed E-state index contributed by atoms with van der Waals surface area (Å²) >= 11 is 7.24. The van der Waals surface area contributed by atoms with Crippen LogP contribution >= 0.6 is 31.9 Å². The minimum Gasteiger partial charge on any atom is -0.478 e. The Kier molecular flexibility index (Phi) is 8.39. The zero-order valence-electron chi connectivity index (χ0n) is 22.9. The summed E-state index contributed by atoms with van der Waals surface area (Å²) in [5.74, 6) is -3.11. The Bertz CT molecular complexity index is 1930. The van der Waals surface area contributed by atoms with Crippen molar-refractivity contribution in [2.45, 2.75) is 39.5 Å². The molecule has 0 bridgehead atoms. The number of ether oxygens (including phenoxy) is 2. The fourth-order valence-corrected chi connectivity index (χ4v) is 6.77. The third-order valence-electron chi connectivity index (χ3n) is 7.41. The number of carboxylic acids is 2. The van der Waals surface area contributed by atoms with Gasteiger partial charge < -0.3 is 19.7 Å². The van der Waals surface area contributed by atoms with Crippen molar-refractivity contribution in [2.24, 2.45) is 0 Å². The maximum absolute atomic E-state index is 13.4. The smallest absolute Gasteiger partial charge is 0.338 e. The maximum atomic E-state index is 13.4. The molecule has 0 spiro atoms. The standard InChI is InChI=1S/C32H27Br2NO7/c1-3-5-11-41-29(35)19-13-21(33)25-15-7-9-17(30(36)37)23-20(31(38)39)14-22(34)26(27(15)23)16-8-10-18(24(19)28(16)25)32(40)42-12-6-4-2/h7-10,13-14,35H,3-6,11-12H2,1-2H3,(H,36,37)(H,38,39). The quantitative estimate of drug-likeness (QED) is 0.0332.